The number of nitrogens with two attached hydrogens (primary N) is 1. The molecular formula is C11H17BrN2. The first-order chi connectivity index (χ1) is 6.74. The molecule has 1 aromatic rings. The van der Waals surface area contributed by atoms with Crippen LogP contribution in [0.3, 0.4) is 0 Å². The zero-order chi connectivity index (χ0) is 10.4. The highest BCUT2D eigenvalue weighted by Gasteiger charge is 2.02. The Kier molecular flexibility index (Phi) is 5.15. The second kappa shape index (κ2) is 6.17. The van der Waals surface area contributed by atoms with E-state index in [-0.39, 0.29) is 0 Å². The average Bonchev–Trinajstić information content (AvgIpc) is 2.19. The molecule has 0 spiro atoms. The molecule has 3 heteroatoms. The van der Waals surface area contributed by atoms with E-state index < -0.39 is 0 Å². The van der Waals surface area contributed by atoms with E-state index in [4.69, 9.17) is 5.73 Å². The first-order valence-corrected chi connectivity index (χ1v) is 5.72. The Morgan fingerprint density at radius 2 is 2.00 bits per heavy atom. The first kappa shape index (κ1) is 11.7. The van der Waals surface area contributed by atoms with E-state index in [1.165, 1.54) is 5.56 Å². The molecule has 0 saturated heterocycles. The van der Waals surface area contributed by atoms with Crippen molar-refractivity contribution in [1.82, 2.24) is 5.32 Å². The van der Waals surface area contributed by atoms with Gasteiger partial charge in [0, 0.05) is 10.5 Å². The monoisotopic (exact) mass is 256 g/mol. The Balaban J connectivity index is 2.43. The Morgan fingerprint density at radius 3 is 2.57 bits per heavy atom. The van der Waals surface area contributed by atoms with Crippen molar-refractivity contribution in [3.63, 3.8) is 0 Å². The molecule has 1 atom stereocenters. The molecule has 78 valence electrons. The second-order valence-electron chi connectivity index (χ2n) is 3.37. The van der Waals surface area contributed by atoms with Crippen molar-refractivity contribution in [1.29, 1.82) is 0 Å². The van der Waals surface area contributed by atoms with Crippen LogP contribution in [0.25, 0.3) is 0 Å². The Labute approximate surface area is 94.0 Å². The fourth-order valence-corrected chi connectivity index (χ4v) is 1.55. The largest absolute Gasteiger partial charge is 0.330 e. The summed E-state index contributed by atoms with van der Waals surface area (Å²) < 4.78 is 1.12. The number of hydrogen-bond donors (Lipinski definition) is 2. The Bertz CT molecular complexity index is 258. The molecule has 0 bridgehead atoms. The predicted molar refractivity (Wildman–Crippen MR) is 64.2 cm³/mol. The van der Waals surface area contributed by atoms with Crippen molar-refractivity contribution < 1.29 is 0 Å². The fraction of sp³-hybridized carbons (Fsp3) is 0.455. The van der Waals surface area contributed by atoms with Gasteiger partial charge in [-0.25, -0.2) is 0 Å². The maximum absolute atomic E-state index is 5.43. The standard InChI is InChI=1S/C11H17BrN2/c1-9(14-8-2-7-13)10-3-5-11(12)6-4-10/h3-6,9,14H,2,7-8,13H2,1H3/t9-/m0/s1. The van der Waals surface area contributed by atoms with Gasteiger partial charge < -0.3 is 11.1 Å². The van der Waals surface area contributed by atoms with E-state index in [0.717, 1.165) is 24.0 Å². The van der Waals surface area contributed by atoms with Crippen molar-refractivity contribution in [2.75, 3.05) is 13.1 Å². The molecule has 0 amide bonds. The molecule has 2 nitrogen and oxygen atoms in total. The highest BCUT2D eigenvalue weighted by molar-refractivity contribution is 9.10. The molecule has 0 unspecified atom stereocenters. The van der Waals surface area contributed by atoms with Crippen LogP contribution in [-0.2, 0) is 0 Å². The van der Waals surface area contributed by atoms with E-state index >= 15 is 0 Å². The third kappa shape index (κ3) is 3.78. The van der Waals surface area contributed by atoms with E-state index in [1.807, 2.05) is 0 Å². The van der Waals surface area contributed by atoms with Gasteiger partial charge in [0.25, 0.3) is 0 Å². The second-order valence-corrected chi connectivity index (χ2v) is 4.29. The van der Waals surface area contributed by atoms with E-state index in [2.05, 4.69) is 52.4 Å². The summed E-state index contributed by atoms with van der Waals surface area (Å²) in [5, 5.41) is 3.42. The van der Waals surface area contributed by atoms with Gasteiger partial charge in [0.05, 0.1) is 0 Å². The van der Waals surface area contributed by atoms with Gasteiger partial charge in [0.15, 0.2) is 0 Å². The SMILES string of the molecule is C[C@H](NCCCN)c1ccc(Br)cc1. The quantitative estimate of drug-likeness (QED) is 0.795. The lowest BCUT2D eigenvalue weighted by Gasteiger charge is -2.13. The van der Waals surface area contributed by atoms with Crippen molar-refractivity contribution in [2.45, 2.75) is 19.4 Å². The van der Waals surface area contributed by atoms with E-state index in [0.29, 0.717) is 6.04 Å². The lowest BCUT2D eigenvalue weighted by Crippen LogP contribution is -2.21. The topological polar surface area (TPSA) is 38.0 Å². The fourth-order valence-electron chi connectivity index (χ4n) is 1.29. The Hall–Kier alpha value is -0.380. The molecule has 0 aromatic heterocycles. The van der Waals surface area contributed by atoms with Crippen LogP contribution in [-0.4, -0.2) is 13.1 Å². The lowest BCUT2D eigenvalue weighted by molar-refractivity contribution is 0.562. The molecule has 3 N–H and O–H groups in total. The minimum absolute atomic E-state index is 0.398. The van der Waals surface area contributed by atoms with Crippen molar-refractivity contribution >= 4 is 15.9 Å². The first-order valence-electron chi connectivity index (χ1n) is 4.93. The van der Waals surface area contributed by atoms with Gasteiger partial charge in [-0.1, -0.05) is 28.1 Å². The van der Waals surface area contributed by atoms with Crippen LogP contribution in [0.5, 0.6) is 0 Å². The van der Waals surface area contributed by atoms with E-state index in [1.54, 1.807) is 0 Å². The zero-order valence-electron chi connectivity index (χ0n) is 8.46. The van der Waals surface area contributed by atoms with E-state index in [9.17, 15) is 0 Å². The van der Waals surface area contributed by atoms with Crippen LogP contribution < -0.4 is 11.1 Å². The normalized spacial score (nSPS) is 12.8. The van der Waals surface area contributed by atoms with Gasteiger partial charge in [-0.05, 0) is 44.1 Å². The van der Waals surface area contributed by atoms with Gasteiger partial charge in [0.1, 0.15) is 0 Å². The number of halogens is 1. The minimum Gasteiger partial charge on any atom is -0.330 e. The molecule has 0 fully saturated rings. The molecule has 0 aliphatic heterocycles. The van der Waals surface area contributed by atoms with Crippen molar-refractivity contribution in [3.05, 3.63) is 34.3 Å². The molecule has 0 aliphatic carbocycles. The summed E-state index contributed by atoms with van der Waals surface area (Å²) in [6.45, 7) is 3.90. The molecule has 0 aliphatic rings. The molecule has 1 aromatic carbocycles. The van der Waals surface area contributed by atoms with Crippen LogP contribution in [0.2, 0.25) is 0 Å². The molecular weight excluding hydrogens is 240 g/mol. The van der Waals surface area contributed by atoms with Crippen LogP contribution in [0.15, 0.2) is 28.7 Å². The molecule has 0 heterocycles. The number of rotatable bonds is 5. The molecule has 0 saturated carbocycles. The lowest BCUT2D eigenvalue weighted by atomic mass is 10.1. The van der Waals surface area contributed by atoms with Gasteiger partial charge in [0.2, 0.25) is 0 Å². The number of nitrogens with one attached hydrogen (secondary N) is 1. The van der Waals surface area contributed by atoms with Crippen LogP contribution in [0.4, 0.5) is 0 Å². The summed E-state index contributed by atoms with van der Waals surface area (Å²) in [7, 11) is 0. The summed E-state index contributed by atoms with van der Waals surface area (Å²) in [6.07, 6.45) is 1.03. The maximum Gasteiger partial charge on any atom is 0.0291 e. The zero-order valence-corrected chi connectivity index (χ0v) is 10.0. The molecule has 1 rings (SSSR count). The number of hydrogen-bond acceptors (Lipinski definition) is 2. The summed E-state index contributed by atoms with van der Waals surface area (Å²) >= 11 is 3.42. The van der Waals surface area contributed by atoms with Gasteiger partial charge in [-0.3, -0.25) is 0 Å². The summed E-state index contributed by atoms with van der Waals surface area (Å²) in [5.74, 6) is 0. The van der Waals surface area contributed by atoms with Crippen molar-refractivity contribution in [2.24, 2.45) is 5.73 Å². The van der Waals surface area contributed by atoms with Crippen LogP contribution >= 0.6 is 15.9 Å². The van der Waals surface area contributed by atoms with Crippen molar-refractivity contribution in [3.8, 4) is 0 Å². The summed E-state index contributed by atoms with van der Waals surface area (Å²) in [4.78, 5) is 0. The summed E-state index contributed by atoms with van der Waals surface area (Å²) in [6, 6.07) is 8.79. The highest BCUT2D eigenvalue weighted by atomic mass is 79.9. The van der Waals surface area contributed by atoms with Crippen LogP contribution in [0.1, 0.15) is 24.9 Å². The smallest absolute Gasteiger partial charge is 0.0291 e. The number of benzene rings is 1. The summed E-state index contributed by atoms with van der Waals surface area (Å²) in [5.41, 5.74) is 6.74. The third-order valence-corrected chi connectivity index (χ3v) is 2.73. The minimum atomic E-state index is 0.398. The van der Waals surface area contributed by atoms with Crippen LogP contribution in [0, 0.1) is 0 Å². The highest BCUT2D eigenvalue weighted by Crippen LogP contribution is 2.16. The van der Waals surface area contributed by atoms with Gasteiger partial charge >= 0.3 is 0 Å². The Morgan fingerprint density at radius 1 is 1.36 bits per heavy atom. The molecule has 0 radical (unpaired) electrons. The van der Waals surface area contributed by atoms with Gasteiger partial charge in [-0.2, -0.15) is 0 Å². The van der Waals surface area contributed by atoms with Gasteiger partial charge in [-0.15, -0.1) is 0 Å². The predicted octanol–water partition coefficient (Wildman–Crippen LogP) is 2.45. The average molecular weight is 257 g/mol. The third-order valence-electron chi connectivity index (χ3n) is 2.20. The molecule has 14 heavy (non-hydrogen) atoms. The maximum atomic E-state index is 5.43.